The van der Waals surface area contributed by atoms with E-state index in [4.69, 9.17) is 0 Å². The van der Waals surface area contributed by atoms with E-state index < -0.39 is 11.7 Å². The van der Waals surface area contributed by atoms with Crippen LogP contribution in [0.25, 0.3) is 10.4 Å². The molecule has 0 aliphatic heterocycles. The van der Waals surface area contributed by atoms with Crippen molar-refractivity contribution in [2.45, 2.75) is 6.18 Å². The van der Waals surface area contributed by atoms with Crippen LogP contribution in [-0.4, -0.2) is 5.11 Å². The van der Waals surface area contributed by atoms with E-state index in [9.17, 15) is 18.3 Å². The molecule has 2 aromatic rings. The molecule has 0 unspecified atom stereocenters. The number of benzene rings is 1. The Balaban J connectivity index is 2.54. The summed E-state index contributed by atoms with van der Waals surface area (Å²) in [6, 6.07) is 6.28. The van der Waals surface area contributed by atoms with Crippen molar-refractivity contribution in [1.29, 1.82) is 0 Å². The van der Waals surface area contributed by atoms with E-state index in [2.05, 4.69) is 0 Å². The van der Waals surface area contributed by atoms with Gasteiger partial charge in [-0.1, -0.05) is 6.07 Å². The zero-order chi connectivity index (χ0) is 11.8. The second kappa shape index (κ2) is 3.83. The first-order chi connectivity index (χ1) is 7.48. The summed E-state index contributed by atoms with van der Waals surface area (Å²) >= 11 is 1.28. The van der Waals surface area contributed by atoms with E-state index >= 15 is 0 Å². The molecule has 1 heterocycles. The number of rotatable bonds is 1. The molecule has 1 aromatic carbocycles. The highest BCUT2D eigenvalue weighted by Crippen LogP contribution is 2.38. The molecule has 0 saturated carbocycles. The second-order valence-electron chi connectivity index (χ2n) is 3.21. The van der Waals surface area contributed by atoms with Gasteiger partial charge in [0.05, 0.1) is 5.56 Å². The van der Waals surface area contributed by atoms with Crippen molar-refractivity contribution < 1.29 is 18.3 Å². The van der Waals surface area contributed by atoms with Gasteiger partial charge >= 0.3 is 6.18 Å². The Morgan fingerprint density at radius 2 is 1.88 bits per heavy atom. The standard InChI is InChI=1S/C11H7F3OS/c12-11(13,14)7-3-4-9(15)8(6-7)10-2-1-5-16-10/h1-6,15H. The molecule has 84 valence electrons. The SMILES string of the molecule is Oc1ccc(C(F)(F)F)cc1-c1cccs1. The van der Waals surface area contributed by atoms with Gasteiger partial charge in [0, 0.05) is 10.4 Å². The molecule has 0 spiro atoms. The van der Waals surface area contributed by atoms with Gasteiger partial charge < -0.3 is 5.11 Å². The molecule has 0 atom stereocenters. The third-order valence-electron chi connectivity index (χ3n) is 2.11. The summed E-state index contributed by atoms with van der Waals surface area (Å²) in [5.41, 5.74) is -0.543. The molecular weight excluding hydrogens is 237 g/mol. The first kappa shape index (κ1) is 11.0. The fourth-order valence-electron chi connectivity index (χ4n) is 1.34. The number of hydrogen-bond donors (Lipinski definition) is 1. The van der Waals surface area contributed by atoms with Crippen LogP contribution in [0.1, 0.15) is 5.56 Å². The van der Waals surface area contributed by atoms with Gasteiger partial charge in [-0.3, -0.25) is 0 Å². The lowest BCUT2D eigenvalue weighted by atomic mass is 10.1. The lowest BCUT2D eigenvalue weighted by Gasteiger charge is -2.09. The Labute approximate surface area is 93.8 Å². The van der Waals surface area contributed by atoms with Crippen molar-refractivity contribution >= 4 is 11.3 Å². The molecule has 0 fully saturated rings. The maximum Gasteiger partial charge on any atom is 0.416 e. The molecule has 1 aromatic heterocycles. The summed E-state index contributed by atoms with van der Waals surface area (Å²) in [5, 5.41) is 11.3. The fourth-order valence-corrected chi connectivity index (χ4v) is 2.09. The summed E-state index contributed by atoms with van der Waals surface area (Å²) in [4.78, 5) is 0.614. The number of thiophene rings is 1. The Morgan fingerprint density at radius 3 is 2.44 bits per heavy atom. The molecule has 16 heavy (non-hydrogen) atoms. The minimum Gasteiger partial charge on any atom is -0.507 e. The molecule has 0 radical (unpaired) electrons. The quantitative estimate of drug-likeness (QED) is 0.799. The topological polar surface area (TPSA) is 20.2 Å². The fraction of sp³-hybridized carbons (Fsp3) is 0.0909. The minimum absolute atomic E-state index is 0.143. The third kappa shape index (κ3) is 2.04. The first-order valence-electron chi connectivity index (χ1n) is 4.42. The molecule has 0 saturated heterocycles. The second-order valence-corrected chi connectivity index (χ2v) is 4.15. The summed E-state index contributed by atoms with van der Waals surface area (Å²) in [5.74, 6) is -0.143. The van der Waals surface area contributed by atoms with Crippen LogP contribution < -0.4 is 0 Å². The van der Waals surface area contributed by atoms with Gasteiger partial charge in [-0.15, -0.1) is 11.3 Å². The van der Waals surface area contributed by atoms with Gasteiger partial charge in [-0.25, -0.2) is 0 Å². The normalized spacial score (nSPS) is 11.7. The zero-order valence-corrected chi connectivity index (χ0v) is 8.77. The van der Waals surface area contributed by atoms with Crippen LogP contribution in [0.3, 0.4) is 0 Å². The summed E-state index contributed by atoms with van der Waals surface area (Å²) in [6.07, 6.45) is -4.39. The Bertz CT molecular complexity index is 488. The maximum absolute atomic E-state index is 12.5. The van der Waals surface area contributed by atoms with Crippen molar-refractivity contribution in [2.24, 2.45) is 0 Å². The lowest BCUT2D eigenvalue weighted by molar-refractivity contribution is -0.137. The molecule has 0 aliphatic rings. The summed E-state index contributed by atoms with van der Waals surface area (Å²) < 4.78 is 37.4. The van der Waals surface area contributed by atoms with Crippen molar-refractivity contribution in [3.05, 3.63) is 41.3 Å². The van der Waals surface area contributed by atoms with Crippen LogP contribution in [0.15, 0.2) is 35.7 Å². The molecule has 5 heteroatoms. The van der Waals surface area contributed by atoms with Crippen LogP contribution >= 0.6 is 11.3 Å². The average molecular weight is 244 g/mol. The summed E-state index contributed by atoms with van der Waals surface area (Å²) in [6.45, 7) is 0. The van der Waals surface area contributed by atoms with E-state index in [-0.39, 0.29) is 11.3 Å². The summed E-state index contributed by atoms with van der Waals surface area (Å²) in [7, 11) is 0. The van der Waals surface area contributed by atoms with Crippen molar-refractivity contribution in [3.8, 4) is 16.2 Å². The molecule has 0 amide bonds. The maximum atomic E-state index is 12.5. The number of hydrogen-bond acceptors (Lipinski definition) is 2. The van der Waals surface area contributed by atoms with E-state index in [1.54, 1.807) is 17.5 Å². The molecular formula is C11H7F3OS. The molecule has 1 nitrogen and oxygen atoms in total. The average Bonchev–Trinajstić information content (AvgIpc) is 2.69. The predicted octanol–water partition coefficient (Wildman–Crippen LogP) is 4.14. The van der Waals surface area contributed by atoms with Crippen molar-refractivity contribution in [3.63, 3.8) is 0 Å². The van der Waals surface area contributed by atoms with Gasteiger partial charge in [-0.2, -0.15) is 13.2 Å². The number of phenols is 1. The van der Waals surface area contributed by atoms with Crippen LogP contribution in [-0.2, 0) is 6.18 Å². The number of alkyl halides is 3. The van der Waals surface area contributed by atoms with E-state index in [0.717, 1.165) is 18.2 Å². The van der Waals surface area contributed by atoms with E-state index in [0.29, 0.717) is 4.88 Å². The van der Waals surface area contributed by atoms with Crippen molar-refractivity contribution in [1.82, 2.24) is 0 Å². The molecule has 1 N–H and O–H groups in total. The minimum atomic E-state index is -4.39. The molecule has 0 bridgehead atoms. The Morgan fingerprint density at radius 1 is 1.12 bits per heavy atom. The van der Waals surface area contributed by atoms with Crippen LogP contribution in [0.2, 0.25) is 0 Å². The Kier molecular flexibility index (Phi) is 2.63. The van der Waals surface area contributed by atoms with E-state index in [1.165, 1.54) is 11.3 Å². The van der Waals surface area contributed by atoms with Crippen LogP contribution in [0.4, 0.5) is 13.2 Å². The largest absolute Gasteiger partial charge is 0.507 e. The van der Waals surface area contributed by atoms with Gasteiger partial charge in [0.2, 0.25) is 0 Å². The lowest BCUT2D eigenvalue weighted by Crippen LogP contribution is -2.04. The highest BCUT2D eigenvalue weighted by atomic mass is 32.1. The van der Waals surface area contributed by atoms with Crippen molar-refractivity contribution in [2.75, 3.05) is 0 Å². The van der Waals surface area contributed by atoms with Gasteiger partial charge in [-0.05, 0) is 29.6 Å². The third-order valence-corrected chi connectivity index (χ3v) is 3.01. The highest BCUT2D eigenvalue weighted by molar-refractivity contribution is 7.13. The number of halogens is 3. The van der Waals surface area contributed by atoms with Gasteiger partial charge in [0.15, 0.2) is 0 Å². The monoisotopic (exact) mass is 244 g/mol. The molecule has 0 aliphatic carbocycles. The Hall–Kier alpha value is -1.49. The van der Waals surface area contributed by atoms with Gasteiger partial charge in [0.25, 0.3) is 0 Å². The number of aromatic hydroxyl groups is 1. The van der Waals surface area contributed by atoms with Gasteiger partial charge in [0.1, 0.15) is 5.75 Å². The van der Waals surface area contributed by atoms with Crippen LogP contribution in [0.5, 0.6) is 5.75 Å². The van der Waals surface area contributed by atoms with Crippen LogP contribution in [0, 0.1) is 0 Å². The zero-order valence-electron chi connectivity index (χ0n) is 7.95. The first-order valence-corrected chi connectivity index (χ1v) is 5.30. The smallest absolute Gasteiger partial charge is 0.416 e. The molecule has 2 rings (SSSR count). The number of phenolic OH excluding ortho intramolecular Hbond substituents is 1. The van der Waals surface area contributed by atoms with E-state index in [1.807, 2.05) is 0 Å². The highest BCUT2D eigenvalue weighted by Gasteiger charge is 2.31. The predicted molar refractivity (Wildman–Crippen MR) is 56.4 cm³/mol.